The molecule has 0 aliphatic carbocycles. The number of aromatic nitrogens is 2. The van der Waals surface area contributed by atoms with Gasteiger partial charge in [-0.3, -0.25) is 4.79 Å². The molecular formula is C27H27FN4O2S. The van der Waals surface area contributed by atoms with Crippen LogP contribution in [0.4, 0.5) is 4.39 Å². The van der Waals surface area contributed by atoms with Gasteiger partial charge in [0.1, 0.15) is 17.9 Å². The van der Waals surface area contributed by atoms with Gasteiger partial charge in [-0.05, 0) is 68.0 Å². The summed E-state index contributed by atoms with van der Waals surface area (Å²) in [4.78, 5) is 22.7. The van der Waals surface area contributed by atoms with E-state index in [0.717, 1.165) is 46.5 Å². The Bertz CT molecular complexity index is 1380. The first kappa shape index (κ1) is 23.5. The van der Waals surface area contributed by atoms with Gasteiger partial charge >= 0.3 is 0 Å². The highest BCUT2D eigenvalue weighted by Crippen LogP contribution is 2.35. The lowest BCUT2D eigenvalue weighted by atomic mass is 9.98. The molecule has 4 aromatic rings. The third-order valence-corrected chi connectivity index (χ3v) is 7.20. The number of thioether (sulfide) groups is 1. The lowest BCUT2D eigenvalue weighted by Gasteiger charge is -2.22. The Labute approximate surface area is 207 Å². The molecule has 0 bridgehead atoms. The Morgan fingerprint density at radius 3 is 2.89 bits per heavy atom. The predicted octanol–water partition coefficient (Wildman–Crippen LogP) is 5.34. The van der Waals surface area contributed by atoms with E-state index < -0.39 is 0 Å². The number of piperidine rings is 1. The Balaban J connectivity index is 1.51. The average Bonchev–Trinajstić information content (AvgIpc) is 3.34. The van der Waals surface area contributed by atoms with E-state index in [1.165, 1.54) is 12.4 Å². The van der Waals surface area contributed by atoms with Gasteiger partial charge in [0.15, 0.2) is 0 Å². The molecule has 2 aromatic carbocycles. The second-order valence-electron chi connectivity index (χ2n) is 8.80. The van der Waals surface area contributed by atoms with Crippen LogP contribution in [0.1, 0.15) is 24.0 Å². The standard InChI is InChI=1S/C27H27FN4O2S/c1-16-5-6-17(10-23(16)28)24-12-22-25(31-15-32-27(22)34-24)21-11-20(35-2)8-7-18(21)14-30-26(33)19-4-3-9-29-13-19/h5-8,10-12,15,19,29H,3-4,9,13-14H2,1-2H3,(H,30,33)/t19-/m0/s1. The fraction of sp³-hybridized carbons (Fsp3) is 0.296. The quantitative estimate of drug-likeness (QED) is 0.355. The number of nitrogens with one attached hydrogen (secondary N) is 2. The Hall–Kier alpha value is -3.23. The summed E-state index contributed by atoms with van der Waals surface area (Å²) in [5.74, 6) is 0.307. The van der Waals surface area contributed by atoms with E-state index in [9.17, 15) is 9.18 Å². The maximum absolute atomic E-state index is 14.2. The Morgan fingerprint density at radius 1 is 1.23 bits per heavy atom. The molecule has 1 aliphatic rings. The van der Waals surface area contributed by atoms with Crippen molar-refractivity contribution in [2.45, 2.75) is 31.2 Å². The van der Waals surface area contributed by atoms with Crippen LogP contribution in [0.2, 0.25) is 0 Å². The third-order valence-electron chi connectivity index (χ3n) is 6.48. The maximum Gasteiger partial charge on any atom is 0.230 e. The largest absolute Gasteiger partial charge is 0.438 e. The van der Waals surface area contributed by atoms with Crippen molar-refractivity contribution < 1.29 is 13.6 Å². The molecule has 0 unspecified atom stereocenters. The van der Waals surface area contributed by atoms with Crippen molar-refractivity contribution in [3.05, 3.63) is 65.7 Å². The molecule has 35 heavy (non-hydrogen) atoms. The van der Waals surface area contributed by atoms with Crippen LogP contribution in [0, 0.1) is 18.7 Å². The van der Waals surface area contributed by atoms with Crippen LogP contribution in [0.5, 0.6) is 0 Å². The van der Waals surface area contributed by atoms with Crippen molar-refractivity contribution in [3.8, 4) is 22.6 Å². The third kappa shape index (κ3) is 4.94. The van der Waals surface area contributed by atoms with Crippen LogP contribution in [0.3, 0.4) is 0 Å². The average molecular weight is 491 g/mol. The molecular weight excluding hydrogens is 463 g/mol. The number of rotatable bonds is 6. The van der Waals surface area contributed by atoms with Gasteiger partial charge in [-0.1, -0.05) is 18.2 Å². The molecule has 1 aliphatic heterocycles. The maximum atomic E-state index is 14.2. The van der Waals surface area contributed by atoms with Gasteiger partial charge in [0.05, 0.1) is 17.0 Å². The number of hydrogen-bond donors (Lipinski definition) is 2. The van der Waals surface area contributed by atoms with Gasteiger partial charge in [-0.15, -0.1) is 11.8 Å². The second kappa shape index (κ2) is 10.2. The van der Waals surface area contributed by atoms with E-state index >= 15 is 0 Å². The summed E-state index contributed by atoms with van der Waals surface area (Å²) < 4.78 is 20.2. The van der Waals surface area contributed by atoms with Crippen LogP contribution in [-0.4, -0.2) is 35.2 Å². The molecule has 1 amide bonds. The lowest BCUT2D eigenvalue weighted by molar-refractivity contribution is -0.125. The van der Waals surface area contributed by atoms with Crippen molar-refractivity contribution in [1.29, 1.82) is 0 Å². The van der Waals surface area contributed by atoms with E-state index in [0.29, 0.717) is 35.7 Å². The Kier molecular flexibility index (Phi) is 6.83. The molecule has 180 valence electrons. The van der Waals surface area contributed by atoms with Crippen LogP contribution in [0.15, 0.2) is 58.1 Å². The molecule has 1 fully saturated rings. The van der Waals surface area contributed by atoms with Crippen molar-refractivity contribution in [3.63, 3.8) is 0 Å². The van der Waals surface area contributed by atoms with Crippen LogP contribution in [0.25, 0.3) is 33.7 Å². The number of halogens is 1. The van der Waals surface area contributed by atoms with Crippen molar-refractivity contribution >= 4 is 28.8 Å². The number of carbonyl (C=O) groups is 1. The smallest absolute Gasteiger partial charge is 0.230 e. The summed E-state index contributed by atoms with van der Waals surface area (Å²) >= 11 is 1.64. The van der Waals surface area contributed by atoms with Crippen LogP contribution >= 0.6 is 11.8 Å². The monoisotopic (exact) mass is 490 g/mol. The fourth-order valence-corrected chi connectivity index (χ4v) is 4.86. The van der Waals surface area contributed by atoms with Crippen molar-refractivity contribution in [1.82, 2.24) is 20.6 Å². The highest BCUT2D eigenvalue weighted by atomic mass is 32.2. The van der Waals surface area contributed by atoms with E-state index in [1.54, 1.807) is 24.8 Å². The van der Waals surface area contributed by atoms with Gasteiger partial charge in [0.2, 0.25) is 11.6 Å². The minimum Gasteiger partial charge on any atom is -0.438 e. The summed E-state index contributed by atoms with van der Waals surface area (Å²) in [5.41, 5.74) is 4.25. The minimum absolute atomic E-state index is 0.00485. The zero-order valence-corrected chi connectivity index (χ0v) is 20.5. The van der Waals surface area contributed by atoms with E-state index in [-0.39, 0.29) is 17.6 Å². The fourth-order valence-electron chi connectivity index (χ4n) is 4.42. The second-order valence-corrected chi connectivity index (χ2v) is 9.68. The number of fused-ring (bicyclic) bond motifs is 1. The topological polar surface area (TPSA) is 80.0 Å². The zero-order valence-electron chi connectivity index (χ0n) is 19.7. The van der Waals surface area contributed by atoms with Gasteiger partial charge in [0, 0.05) is 29.1 Å². The summed E-state index contributed by atoms with van der Waals surface area (Å²) in [7, 11) is 0. The lowest BCUT2D eigenvalue weighted by Crippen LogP contribution is -2.40. The molecule has 6 nitrogen and oxygen atoms in total. The molecule has 5 rings (SSSR count). The van der Waals surface area contributed by atoms with Crippen molar-refractivity contribution in [2.24, 2.45) is 5.92 Å². The van der Waals surface area contributed by atoms with Gasteiger partial charge < -0.3 is 15.1 Å². The number of carbonyl (C=O) groups excluding carboxylic acids is 1. The van der Waals surface area contributed by atoms with Crippen LogP contribution in [-0.2, 0) is 11.3 Å². The molecule has 0 radical (unpaired) electrons. The zero-order chi connectivity index (χ0) is 24.4. The van der Waals surface area contributed by atoms with E-state index in [2.05, 4.69) is 26.7 Å². The van der Waals surface area contributed by atoms with Gasteiger partial charge in [-0.25, -0.2) is 14.4 Å². The van der Waals surface area contributed by atoms with Crippen molar-refractivity contribution in [2.75, 3.05) is 19.3 Å². The van der Waals surface area contributed by atoms with E-state index in [1.807, 2.05) is 30.5 Å². The number of aryl methyl sites for hydroxylation is 1. The van der Waals surface area contributed by atoms with Gasteiger partial charge in [-0.2, -0.15) is 0 Å². The predicted molar refractivity (Wildman–Crippen MR) is 137 cm³/mol. The number of hydrogen-bond acceptors (Lipinski definition) is 6. The molecule has 1 saturated heterocycles. The normalized spacial score (nSPS) is 15.9. The molecule has 0 saturated carbocycles. The summed E-state index contributed by atoms with van der Waals surface area (Å²) in [6, 6.07) is 13.0. The highest BCUT2D eigenvalue weighted by molar-refractivity contribution is 7.98. The Morgan fingerprint density at radius 2 is 2.11 bits per heavy atom. The van der Waals surface area contributed by atoms with Gasteiger partial charge in [0.25, 0.3) is 0 Å². The summed E-state index contributed by atoms with van der Waals surface area (Å²) in [6.07, 6.45) is 5.41. The molecule has 8 heteroatoms. The van der Waals surface area contributed by atoms with Crippen LogP contribution < -0.4 is 10.6 Å². The SMILES string of the molecule is CSc1ccc(CNC(=O)[C@H]2CCCNC2)c(-c2ncnc3oc(-c4ccc(C)c(F)c4)cc23)c1. The molecule has 2 N–H and O–H groups in total. The number of amides is 1. The molecule has 1 atom stereocenters. The van der Waals surface area contributed by atoms with E-state index in [4.69, 9.17) is 4.42 Å². The first-order valence-electron chi connectivity index (χ1n) is 11.7. The minimum atomic E-state index is -0.284. The first-order valence-corrected chi connectivity index (χ1v) is 12.9. The number of furan rings is 1. The summed E-state index contributed by atoms with van der Waals surface area (Å²) in [6.45, 7) is 3.81. The molecule has 3 heterocycles. The molecule has 2 aromatic heterocycles. The highest BCUT2D eigenvalue weighted by Gasteiger charge is 2.22. The summed E-state index contributed by atoms with van der Waals surface area (Å²) in [5, 5.41) is 7.15. The first-order chi connectivity index (χ1) is 17.0. The number of benzene rings is 2. The molecule has 0 spiro atoms. The number of nitrogens with zero attached hydrogens (tertiary/aromatic N) is 2.